The van der Waals surface area contributed by atoms with Crippen LogP contribution in [0, 0.1) is 11.8 Å². The molecule has 2 unspecified atom stereocenters. The van der Waals surface area contributed by atoms with Gasteiger partial charge in [0.15, 0.2) is 0 Å². The number of carboxylic acids is 1. The van der Waals surface area contributed by atoms with Gasteiger partial charge in [-0.1, -0.05) is 47.0 Å². The number of carbonyl (C=O) groups excluding carboxylic acids is 1. The van der Waals surface area contributed by atoms with Crippen LogP contribution in [-0.2, 0) is 9.59 Å². The maximum absolute atomic E-state index is 12.2. The third-order valence-corrected chi connectivity index (χ3v) is 3.75. The van der Waals surface area contributed by atoms with Gasteiger partial charge in [-0.3, -0.25) is 9.59 Å². The van der Waals surface area contributed by atoms with Gasteiger partial charge in [0.25, 0.3) is 0 Å². The second-order valence-electron chi connectivity index (χ2n) is 5.70. The van der Waals surface area contributed by atoms with Gasteiger partial charge in [-0.2, -0.15) is 0 Å². The molecule has 0 aliphatic rings. The molecular weight excluding hydrogens is 254 g/mol. The average Bonchev–Trinajstić information content (AvgIpc) is 2.41. The number of unbranched alkanes of at least 4 members (excludes halogenated alkanes) is 1. The highest BCUT2D eigenvalue weighted by molar-refractivity contribution is 5.77. The van der Waals surface area contributed by atoms with E-state index in [1.807, 2.05) is 6.92 Å². The molecule has 0 aromatic heterocycles. The molecule has 0 aliphatic carbocycles. The van der Waals surface area contributed by atoms with Crippen LogP contribution >= 0.6 is 0 Å². The van der Waals surface area contributed by atoms with Gasteiger partial charge < -0.3 is 10.0 Å². The predicted octanol–water partition coefficient (Wildman–Crippen LogP) is 3.55. The van der Waals surface area contributed by atoms with Gasteiger partial charge in [0, 0.05) is 19.5 Å². The summed E-state index contributed by atoms with van der Waals surface area (Å²) in [5.41, 5.74) is 0. The lowest BCUT2D eigenvalue weighted by atomic mass is 9.98. The highest BCUT2D eigenvalue weighted by Crippen LogP contribution is 2.16. The Morgan fingerprint density at radius 3 is 2.20 bits per heavy atom. The summed E-state index contributed by atoms with van der Waals surface area (Å²) in [7, 11) is 0. The van der Waals surface area contributed by atoms with Crippen LogP contribution in [0.3, 0.4) is 0 Å². The zero-order valence-electron chi connectivity index (χ0n) is 13.5. The number of carboxylic acid groups (broad SMARTS) is 1. The number of nitrogens with zero attached hydrogens (tertiary/aromatic N) is 1. The monoisotopic (exact) mass is 285 g/mol. The Hall–Kier alpha value is -1.06. The van der Waals surface area contributed by atoms with Gasteiger partial charge in [0.2, 0.25) is 5.91 Å². The van der Waals surface area contributed by atoms with Crippen molar-refractivity contribution >= 4 is 11.9 Å². The molecule has 118 valence electrons. The van der Waals surface area contributed by atoms with E-state index < -0.39 is 11.9 Å². The molecule has 0 aromatic rings. The van der Waals surface area contributed by atoms with Crippen molar-refractivity contribution in [1.82, 2.24) is 4.90 Å². The summed E-state index contributed by atoms with van der Waals surface area (Å²) >= 11 is 0. The molecular formula is C16H31NO3. The summed E-state index contributed by atoms with van der Waals surface area (Å²) in [4.78, 5) is 24.9. The maximum Gasteiger partial charge on any atom is 0.308 e. The molecule has 0 heterocycles. The zero-order valence-corrected chi connectivity index (χ0v) is 13.5. The second kappa shape index (κ2) is 10.7. The van der Waals surface area contributed by atoms with E-state index in [0.717, 1.165) is 25.7 Å². The molecule has 4 nitrogen and oxygen atoms in total. The predicted molar refractivity (Wildman–Crippen MR) is 81.6 cm³/mol. The van der Waals surface area contributed by atoms with Crippen molar-refractivity contribution in [2.75, 3.05) is 13.1 Å². The lowest BCUT2D eigenvalue weighted by Crippen LogP contribution is -2.39. The van der Waals surface area contributed by atoms with Crippen molar-refractivity contribution in [2.24, 2.45) is 11.8 Å². The Bertz CT molecular complexity index is 291. The van der Waals surface area contributed by atoms with Gasteiger partial charge >= 0.3 is 5.97 Å². The first-order valence-corrected chi connectivity index (χ1v) is 7.96. The maximum atomic E-state index is 12.2. The fourth-order valence-electron chi connectivity index (χ4n) is 2.29. The Balaban J connectivity index is 4.64. The first-order chi connectivity index (χ1) is 9.46. The van der Waals surface area contributed by atoms with Crippen LogP contribution in [0.2, 0.25) is 0 Å². The van der Waals surface area contributed by atoms with E-state index in [1.165, 1.54) is 6.42 Å². The molecule has 0 radical (unpaired) electrons. The van der Waals surface area contributed by atoms with Crippen LogP contribution in [0.1, 0.15) is 66.2 Å². The van der Waals surface area contributed by atoms with Gasteiger partial charge in [0.05, 0.1) is 5.92 Å². The largest absolute Gasteiger partial charge is 0.481 e. The minimum absolute atomic E-state index is 0.0931. The smallest absolute Gasteiger partial charge is 0.308 e. The van der Waals surface area contributed by atoms with E-state index >= 15 is 0 Å². The van der Waals surface area contributed by atoms with E-state index in [2.05, 4.69) is 13.8 Å². The Kier molecular flexibility index (Phi) is 10.1. The number of aliphatic carboxylic acids is 1. The van der Waals surface area contributed by atoms with Crippen LogP contribution in [0.25, 0.3) is 0 Å². The normalized spacial score (nSPS) is 13.8. The number of amides is 1. The molecule has 1 amide bonds. The lowest BCUT2D eigenvalue weighted by molar-refractivity contribution is -0.143. The third kappa shape index (κ3) is 7.51. The number of rotatable bonds is 11. The Morgan fingerprint density at radius 2 is 1.75 bits per heavy atom. The first-order valence-electron chi connectivity index (χ1n) is 7.96. The molecule has 0 fully saturated rings. The molecule has 0 rings (SSSR count). The van der Waals surface area contributed by atoms with Gasteiger partial charge in [0.1, 0.15) is 0 Å². The summed E-state index contributed by atoms with van der Waals surface area (Å²) < 4.78 is 0. The molecule has 20 heavy (non-hydrogen) atoms. The molecule has 1 N–H and O–H groups in total. The minimum atomic E-state index is -0.832. The Morgan fingerprint density at radius 1 is 1.10 bits per heavy atom. The van der Waals surface area contributed by atoms with Crippen LogP contribution in [0.4, 0.5) is 0 Å². The molecule has 0 aliphatic heterocycles. The fraction of sp³-hybridized carbons (Fsp3) is 0.875. The molecule has 0 aromatic carbocycles. The van der Waals surface area contributed by atoms with Crippen molar-refractivity contribution in [3.63, 3.8) is 0 Å². The van der Waals surface area contributed by atoms with Gasteiger partial charge in [-0.25, -0.2) is 0 Å². The van der Waals surface area contributed by atoms with Crippen LogP contribution in [0.15, 0.2) is 0 Å². The SMILES string of the molecule is CCCCC(CC)CN(CC(C)C(=O)O)C(=O)CCC. The summed E-state index contributed by atoms with van der Waals surface area (Å²) in [5.74, 6) is -0.757. The topological polar surface area (TPSA) is 57.6 Å². The average molecular weight is 285 g/mol. The summed E-state index contributed by atoms with van der Waals surface area (Å²) in [5, 5.41) is 9.04. The number of hydrogen-bond acceptors (Lipinski definition) is 2. The fourth-order valence-corrected chi connectivity index (χ4v) is 2.29. The highest BCUT2D eigenvalue weighted by atomic mass is 16.4. The molecule has 0 spiro atoms. The van der Waals surface area contributed by atoms with Crippen LogP contribution < -0.4 is 0 Å². The van der Waals surface area contributed by atoms with Crippen LogP contribution in [-0.4, -0.2) is 35.0 Å². The standard InChI is InChI=1S/C16H31NO3/c1-5-8-10-14(7-3)12-17(15(18)9-6-2)11-13(4)16(19)20/h13-14H,5-12H2,1-4H3,(H,19,20). The second-order valence-corrected chi connectivity index (χ2v) is 5.70. The van der Waals surface area contributed by atoms with Crippen molar-refractivity contribution in [1.29, 1.82) is 0 Å². The number of carbonyl (C=O) groups is 2. The molecule has 4 heteroatoms. The van der Waals surface area contributed by atoms with Crippen molar-refractivity contribution in [2.45, 2.75) is 66.2 Å². The summed E-state index contributed by atoms with van der Waals surface area (Å²) in [6.45, 7) is 8.99. The first kappa shape index (κ1) is 18.9. The van der Waals surface area contributed by atoms with E-state index in [-0.39, 0.29) is 5.91 Å². The van der Waals surface area contributed by atoms with Gasteiger partial charge in [-0.05, 0) is 18.8 Å². The molecule has 0 saturated heterocycles. The van der Waals surface area contributed by atoms with Gasteiger partial charge in [-0.15, -0.1) is 0 Å². The van der Waals surface area contributed by atoms with Crippen molar-refractivity contribution in [3.05, 3.63) is 0 Å². The quantitative estimate of drug-likeness (QED) is 0.631. The molecule has 0 bridgehead atoms. The van der Waals surface area contributed by atoms with E-state index in [1.54, 1.807) is 11.8 Å². The lowest BCUT2D eigenvalue weighted by Gasteiger charge is -2.28. The minimum Gasteiger partial charge on any atom is -0.481 e. The highest BCUT2D eigenvalue weighted by Gasteiger charge is 2.22. The Labute approximate surface area is 123 Å². The van der Waals surface area contributed by atoms with E-state index in [4.69, 9.17) is 5.11 Å². The third-order valence-electron chi connectivity index (χ3n) is 3.75. The van der Waals surface area contributed by atoms with Crippen molar-refractivity contribution in [3.8, 4) is 0 Å². The summed E-state index contributed by atoms with van der Waals surface area (Å²) in [6, 6.07) is 0. The molecule has 2 atom stereocenters. The summed E-state index contributed by atoms with van der Waals surface area (Å²) in [6.07, 6.45) is 5.80. The zero-order chi connectivity index (χ0) is 15.5. The number of hydrogen-bond donors (Lipinski definition) is 1. The van der Waals surface area contributed by atoms with Crippen molar-refractivity contribution < 1.29 is 14.7 Å². The van der Waals surface area contributed by atoms with E-state index in [9.17, 15) is 9.59 Å². The molecule has 0 saturated carbocycles. The van der Waals surface area contributed by atoms with Crippen LogP contribution in [0.5, 0.6) is 0 Å². The van der Waals surface area contributed by atoms with E-state index in [0.29, 0.717) is 25.4 Å².